The summed E-state index contributed by atoms with van der Waals surface area (Å²) in [6.45, 7) is 0.419. The van der Waals surface area contributed by atoms with Gasteiger partial charge in [0, 0.05) is 36.8 Å². The third-order valence-electron chi connectivity index (χ3n) is 4.07. The number of nitrogens with one attached hydrogen (secondary N) is 1. The molecule has 8 heteroatoms. The highest BCUT2D eigenvalue weighted by molar-refractivity contribution is 8.18. The smallest absolute Gasteiger partial charge is 0.293 e. The van der Waals surface area contributed by atoms with Crippen LogP contribution in [0.5, 0.6) is 0 Å². The second kappa shape index (κ2) is 10.8. The van der Waals surface area contributed by atoms with Gasteiger partial charge in [0.2, 0.25) is 5.91 Å². The van der Waals surface area contributed by atoms with Crippen LogP contribution in [0.3, 0.4) is 0 Å². The standard InChI is InChI=1S/C21H21N3O3S2/c25-19(9-5-13-28-17-7-2-1-3-8-17)23-11-12-24-20(26)18(29-21(24)27)14-16-6-4-10-22-15-16/h1-4,6-8,10,14-15H,5,9,11-13H2,(H,23,25)/b18-14+. The van der Waals surface area contributed by atoms with E-state index in [0.29, 0.717) is 11.3 Å². The molecule has 0 atom stereocenters. The lowest BCUT2D eigenvalue weighted by Crippen LogP contribution is -2.37. The summed E-state index contributed by atoms with van der Waals surface area (Å²) in [5, 5.41) is 2.46. The van der Waals surface area contributed by atoms with Crippen LogP contribution in [0.4, 0.5) is 4.79 Å². The quantitative estimate of drug-likeness (QED) is 0.372. The number of carbonyl (C=O) groups is 3. The maximum atomic E-state index is 12.4. The maximum absolute atomic E-state index is 12.4. The van der Waals surface area contributed by atoms with Crippen molar-refractivity contribution in [2.45, 2.75) is 17.7 Å². The lowest BCUT2D eigenvalue weighted by Gasteiger charge is -2.13. The number of benzene rings is 1. The number of nitrogens with zero attached hydrogens (tertiary/aromatic N) is 2. The van der Waals surface area contributed by atoms with Gasteiger partial charge in [-0.25, -0.2) is 0 Å². The molecule has 0 radical (unpaired) electrons. The lowest BCUT2D eigenvalue weighted by molar-refractivity contribution is -0.124. The predicted molar refractivity (Wildman–Crippen MR) is 116 cm³/mol. The van der Waals surface area contributed by atoms with E-state index in [4.69, 9.17) is 0 Å². The molecule has 0 unspecified atom stereocenters. The first-order chi connectivity index (χ1) is 14.1. The average Bonchev–Trinajstić information content (AvgIpc) is 3.00. The van der Waals surface area contributed by atoms with Gasteiger partial charge in [0.15, 0.2) is 0 Å². The Kier molecular flexibility index (Phi) is 7.89. The van der Waals surface area contributed by atoms with E-state index in [-0.39, 0.29) is 30.1 Å². The first kappa shape index (κ1) is 21.1. The normalized spacial score (nSPS) is 15.2. The minimum absolute atomic E-state index is 0.0727. The maximum Gasteiger partial charge on any atom is 0.293 e. The molecular formula is C21H21N3O3S2. The number of carbonyl (C=O) groups excluding carboxylic acids is 3. The number of amides is 3. The van der Waals surface area contributed by atoms with Gasteiger partial charge in [-0.3, -0.25) is 24.3 Å². The number of thioether (sulfide) groups is 2. The zero-order valence-corrected chi connectivity index (χ0v) is 17.4. The van der Waals surface area contributed by atoms with E-state index in [1.165, 1.54) is 9.80 Å². The molecule has 0 spiro atoms. The fourth-order valence-corrected chi connectivity index (χ4v) is 4.38. The minimum atomic E-state index is -0.336. The number of aromatic nitrogens is 1. The number of rotatable bonds is 9. The fraction of sp³-hybridized carbons (Fsp3) is 0.238. The fourth-order valence-electron chi connectivity index (χ4n) is 2.64. The summed E-state index contributed by atoms with van der Waals surface area (Å²) in [5.74, 6) is 0.452. The van der Waals surface area contributed by atoms with Crippen LogP contribution in [0.1, 0.15) is 18.4 Å². The zero-order chi connectivity index (χ0) is 20.5. The zero-order valence-electron chi connectivity index (χ0n) is 15.7. The number of imide groups is 1. The van der Waals surface area contributed by atoms with Crippen LogP contribution in [-0.2, 0) is 9.59 Å². The van der Waals surface area contributed by atoms with Gasteiger partial charge in [0.25, 0.3) is 11.1 Å². The van der Waals surface area contributed by atoms with E-state index < -0.39 is 0 Å². The molecule has 29 heavy (non-hydrogen) atoms. The van der Waals surface area contributed by atoms with Crippen LogP contribution in [-0.4, -0.2) is 45.8 Å². The Balaban J connectivity index is 1.37. The van der Waals surface area contributed by atoms with E-state index >= 15 is 0 Å². The van der Waals surface area contributed by atoms with Crippen molar-refractivity contribution < 1.29 is 14.4 Å². The molecule has 3 amide bonds. The third-order valence-corrected chi connectivity index (χ3v) is 6.08. The summed E-state index contributed by atoms with van der Waals surface area (Å²) in [4.78, 5) is 43.2. The molecule has 1 aromatic heterocycles. The van der Waals surface area contributed by atoms with E-state index in [9.17, 15) is 14.4 Å². The summed E-state index contributed by atoms with van der Waals surface area (Å²) in [7, 11) is 0. The second-order valence-corrected chi connectivity index (χ2v) is 8.40. The Morgan fingerprint density at radius 1 is 1.17 bits per heavy atom. The van der Waals surface area contributed by atoms with Gasteiger partial charge < -0.3 is 5.32 Å². The molecule has 0 bridgehead atoms. The van der Waals surface area contributed by atoms with E-state index in [0.717, 1.165) is 29.5 Å². The molecule has 0 aliphatic carbocycles. The summed E-state index contributed by atoms with van der Waals surface area (Å²) in [5.41, 5.74) is 0.764. The van der Waals surface area contributed by atoms with Crippen LogP contribution in [0, 0.1) is 0 Å². The predicted octanol–water partition coefficient (Wildman–Crippen LogP) is 3.81. The van der Waals surface area contributed by atoms with Gasteiger partial charge in [-0.1, -0.05) is 24.3 Å². The molecule has 3 rings (SSSR count). The molecule has 1 aliphatic rings. The SMILES string of the molecule is O=C(CCCSc1ccccc1)NCCN1C(=O)S/C(=C/c2cccnc2)C1=O. The number of hydrogen-bond acceptors (Lipinski definition) is 6. The Hall–Kier alpha value is -2.58. The second-order valence-electron chi connectivity index (χ2n) is 6.23. The van der Waals surface area contributed by atoms with Crippen LogP contribution in [0.25, 0.3) is 6.08 Å². The van der Waals surface area contributed by atoms with Gasteiger partial charge in [-0.15, -0.1) is 11.8 Å². The van der Waals surface area contributed by atoms with Gasteiger partial charge >= 0.3 is 0 Å². The van der Waals surface area contributed by atoms with Gasteiger partial charge in [0.1, 0.15) is 0 Å². The van der Waals surface area contributed by atoms with Crippen molar-refractivity contribution >= 4 is 46.7 Å². The van der Waals surface area contributed by atoms with Gasteiger partial charge in [-0.2, -0.15) is 0 Å². The molecular weight excluding hydrogens is 406 g/mol. The highest BCUT2D eigenvalue weighted by Crippen LogP contribution is 2.31. The van der Waals surface area contributed by atoms with E-state index in [2.05, 4.69) is 10.3 Å². The van der Waals surface area contributed by atoms with Crippen molar-refractivity contribution in [1.29, 1.82) is 0 Å². The summed E-state index contributed by atoms with van der Waals surface area (Å²) >= 11 is 2.62. The Bertz CT molecular complexity index is 889. The van der Waals surface area contributed by atoms with Crippen molar-refractivity contribution in [1.82, 2.24) is 15.2 Å². The van der Waals surface area contributed by atoms with Crippen molar-refractivity contribution in [3.63, 3.8) is 0 Å². The van der Waals surface area contributed by atoms with E-state index in [1.807, 2.05) is 36.4 Å². The number of hydrogen-bond donors (Lipinski definition) is 1. The third kappa shape index (κ3) is 6.47. The number of pyridine rings is 1. The van der Waals surface area contributed by atoms with Crippen molar-refractivity contribution in [2.75, 3.05) is 18.8 Å². The Labute approximate surface area is 178 Å². The highest BCUT2D eigenvalue weighted by atomic mass is 32.2. The monoisotopic (exact) mass is 427 g/mol. The van der Waals surface area contributed by atoms with Crippen molar-refractivity contribution in [2.24, 2.45) is 0 Å². The summed E-state index contributed by atoms with van der Waals surface area (Å²) in [6.07, 6.45) is 6.11. The molecule has 6 nitrogen and oxygen atoms in total. The molecule has 1 fully saturated rings. The van der Waals surface area contributed by atoms with Crippen LogP contribution in [0.2, 0.25) is 0 Å². The van der Waals surface area contributed by atoms with Crippen LogP contribution >= 0.6 is 23.5 Å². The molecule has 0 saturated carbocycles. The molecule has 1 saturated heterocycles. The van der Waals surface area contributed by atoms with Crippen LogP contribution < -0.4 is 5.32 Å². The highest BCUT2D eigenvalue weighted by Gasteiger charge is 2.34. The topological polar surface area (TPSA) is 79.4 Å². The molecule has 1 aromatic carbocycles. The molecule has 1 N–H and O–H groups in total. The average molecular weight is 428 g/mol. The van der Waals surface area contributed by atoms with Gasteiger partial charge in [-0.05, 0) is 53.8 Å². The van der Waals surface area contributed by atoms with Crippen molar-refractivity contribution in [3.05, 3.63) is 65.3 Å². The minimum Gasteiger partial charge on any atom is -0.354 e. The molecule has 2 aromatic rings. The van der Waals surface area contributed by atoms with E-state index in [1.54, 1.807) is 36.3 Å². The Morgan fingerprint density at radius 3 is 2.76 bits per heavy atom. The summed E-state index contributed by atoms with van der Waals surface area (Å²) in [6, 6.07) is 13.6. The largest absolute Gasteiger partial charge is 0.354 e. The first-order valence-corrected chi connectivity index (χ1v) is 11.0. The van der Waals surface area contributed by atoms with Crippen LogP contribution in [0.15, 0.2) is 64.7 Å². The Morgan fingerprint density at radius 2 is 2.00 bits per heavy atom. The van der Waals surface area contributed by atoms with Gasteiger partial charge in [0.05, 0.1) is 4.91 Å². The molecule has 150 valence electrons. The lowest BCUT2D eigenvalue weighted by atomic mass is 10.2. The molecule has 2 heterocycles. The van der Waals surface area contributed by atoms with Crippen molar-refractivity contribution in [3.8, 4) is 0 Å². The summed E-state index contributed by atoms with van der Waals surface area (Å²) < 4.78 is 0. The molecule has 1 aliphatic heterocycles. The first-order valence-electron chi connectivity index (χ1n) is 9.23.